The van der Waals surface area contributed by atoms with Crippen molar-refractivity contribution in [3.63, 3.8) is 0 Å². The van der Waals surface area contributed by atoms with Crippen molar-refractivity contribution in [2.75, 3.05) is 37.6 Å². The number of esters is 2. The van der Waals surface area contributed by atoms with Gasteiger partial charge in [-0.3, -0.25) is 4.79 Å². The first-order chi connectivity index (χ1) is 25.5. The molecule has 6 heterocycles. The summed E-state index contributed by atoms with van der Waals surface area (Å²) >= 11 is 7.55. The molecular weight excluding hydrogens is 780 g/mol. The number of carbonyl (C=O) groups excluding carboxylic acids is 4. The number of thiophene rings is 2. The van der Waals surface area contributed by atoms with Gasteiger partial charge in [-0.1, -0.05) is 7.43 Å². The molecule has 2 aliphatic rings. The molecule has 0 bridgehead atoms. The summed E-state index contributed by atoms with van der Waals surface area (Å²) in [5.41, 5.74) is 14.2. The maximum Gasteiger partial charge on any atom is 0.415 e. The van der Waals surface area contributed by atoms with Gasteiger partial charge in [0.25, 0.3) is 0 Å². The lowest BCUT2D eigenvalue weighted by Gasteiger charge is -2.19. The van der Waals surface area contributed by atoms with Crippen molar-refractivity contribution >= 4 is 89.5 Å². The van der Waals surface area contributed by atoms with Gasteiger partial charge in [0.05, 0.1) is 22.8 Å². The summed E-state index contributed by atoms with van der Waals surface area (Å²) in [5, 5.41) is 10.9. The Bertz CT molecular complexity index is 2110. The number of nitrogens with two attached hydrogens (primary N) is 2. The normalized spacial score (nSPS) is 14.1. The lowest BCUT2D eigenvalue weighted by atomic mass is 10.1. The van der Waals surface area contributed by atoms with Crippen molar-refractivity contribution < 1.29 is 38.5 Å². The van der Waals surface area contributed by atoms with Crippen molar-refractivity contribution in [2.45, 2.75) is 114 Å². The van der Waals surface area contributed by atoms with Crippen LogP contribution >= 0.6 is 34.3 Å². The van der Waals surface area contributed by atoms with E-state index in [2.05, 4.69) is 9.97 Å². The molecule has 0 radical (unpaired) electrons. The van der Waals surface area contributed by atoms with Crippen LogP contribution in [-0.2, 0) is 9.47 Å². The second kappa shape index (κ2) is 18.2. The van der Waals surface area contributed by atoms with Gasteiger partial charge in [0.2, 0.25) is 0 Å². The van der Waals surface area contributed by atoms with Crippen LogP contribution in [0, 0.1) is 27.7 Å². The molecule has 4 aromatic heterocycles. The zero-order valence-electron chi connectivity index (χ0n) is 33.1. The second-order valence-electron chi connectivity index (χ2n) is 15.4. The molecule has 0 aromatic carbocycles. The summed E-state index contributed by atoms with van der Waals surface area (Å²) < 4.78 is 16.4. The van der Waals surface area contributed by atoms with Gasteiger partial charge in [-0.25, -0.2) is 24.4 Å². The van der Waals surface area contributed by atoms with Gasteiger partial charge < -0.3 is 40.6 Å². The largest absolute Gasteiger partial charge is 0.506 e. The summed E-state index contributed by atoms with van der Waals surface area (Å²) in [6, 6.07) is 0. The Labute approximate surface area is 341 Å². The standard InChI is InChI=1S/C19H25N3O4S.C14H18N2O3S.C5H8ClNO.CH4/c1-10-12-13(20)15(17(23)26-19(3,4)5)27-16(12)21-11(2)14(10)25-18(24)22-8-6-7-9-22;1-6-8-9(15)11(13(18)19-14(3,4)5)20-12(8)16-7(2)10(6)17;6-5(8)7-3-1-2-4-7;/h6-9,20H2,1-5H3;17H,15H2,1-5H3;1-4H2;1H4. The Morgan fingerprint density at radius 2 is 1.09 bits per heavy atom. The van der Waals surface area contributed by atoms with E-state index in [1.54, 1.807) is 72.1 Å². The topological polar surface area (TPSA) is 200 Å². The summed E-state index contributed by atoms with van der Waals surface area (Å²) in [5.74, 6) is -0.428. The molecule has 2 aliphatic heterocycles. The third-order valence-electron chi connectivity index (χ3n) is 8.59. The van der Waals surface area contributed by atoms with Crippen molar-refractivity contribution in [1.82, 2.24) is 19.8 Å². The number of aryl methyl sites for hydroxylation is 4. The fourth-order valence-electron chi connectivity index (χ4n) is 5.98. The van der Waals surface area contributed by atoms with E-state index in [4.69, 9.17) is 37.3 Å². The maximum atomic E-state index is 12.5. The monoisotopic (exact) mass is 834 g/mol. The van der Waals surface area contributed by atoms with Gasteiger partial charge in [-0.15, -0.1) is 22.7 Å². The number of anilines is 2. The lowest BCUT2D eigenvalue weighted by molar-refractivity contribution is 0.00636. The Morgan fingerprint density at radius 3 is 1.48 bits per heavy atom. The number of likely N-dealkylation sites (tertiary alicyclic amines) is 2. The van der Waals surface area contributed by atoms with E-state index in [0.717, 1.165) is 38.8 Å². The van der Waals surface area contributed by atoms with Crippen LogP contribution in [0.1, 0.15) is 117 Å². The highest BCUT2D eigenvalue weighted by molar-refractivity contribution is 7.21. The van der Waals surface area contributed by atoms with Crippen molar-refractivity contribution in [3.8, 4) is 11.5 Å². The number of hydrogen-bond acceptors (Lipinski definition) is 14. The molecule has 0 aliphatic carbocycles. The minimum atomic E-state index is -0.617. The van der Waals surface area contributed by atoms with E-state index in [0.29, 0.717) is 82.9 Å². The van der Waals surface area contributed by atoms with Gasteiger partial charge >= 0.3 is 23.4 Å². The van der Waals surface area contributed by atoms with Gasteiger partial charge in [-0.2, -0.15) is 0 Å². The Balaban J connectivity index is 0.000000254. The first kappa shape index (κ1) is 46.0. The number of aromatic nitrogens is 2. The number of fused-ring (bicyclic) bond motifs is 2. The maximum absolute atomic E-state index is 12.5. The quantitative estimate of drug-likeness (QED) is 0.101. The smallest absolute Gasteiger partial charge is 0.415 e. The van der Waals surface area contributed by atoms with Gasteiger partial charge in [0.15, 0.2) is 5.75 Å². The van der Waals surface area contributed by atoms with E-state index in [9.17, 15) is 24.3 Å². The number of aromatic hydroxyl groups is 1. The van der Waals surface area contributed by atoms with Crippen LogP contribution in [0.15, 0.2) is 0 Å². The minimum absolute atomic E-state index is 0. The highest BCUT2D eigenvalue weighted by atomic mass is 35.5. The number of pyridine rings is 2. The molecule has 6 rings (SSSR count). The summed E-state index contributed by atoms with van der Waals surface area (Å²) in [6.07, 6.45) is 3.82. The highest BCUT2D eigenvalue weighted by Gasteiger charge is 2.28. The van der Waals surface area contributed by atoms with Gasteiger partial charge in [0.1, 0.15) is 36.4 Å². The van der Waals surface area contributed by atoms with E-state index in [1.807, 2.05) is 6.92 Å². The van der Waals surface area contributed by atoms with Crippen LogP contribution < -0.4 is 16.2 Å². The third kappa shape index (κ3) is 10.9. The molecule has 5 N–H and O–H groups in total. The second-order valence-corrected chi connectivity index (χ2v) is 17.7. The SMILES string of the molecule is C.Cc1nc2sc(C(=O)OC(C)(C)C)c(N)c2c(C)c1O.Cc1nc2sc(C(=O)OC(C)(C)C)c(N)c2c(C)c1OC(=O)N1CCCC1.O=C(Cl)N1CCCC1. The Hall–Kier alpha value is -4.41. The fraction of sp³-hybridized carbons (Fsp3) is 0.538. The van der Waals surface area contributed by atoms with Crippen LogP contribution in [0.25, 0.3) is 20.4 Å². The lowest BCUT2D eigenvalue weighted by Crippen LogP contribution is -2.31. The van der Waals surface area contributed by atoms with E-state index in [-0.39, 0.29) is 24.6 Å². The number of nitrogen functional groups attached to an aromatic ring is 2. The Morgan fingerprint density at radius 1 is 0.696 bits per heavy atom. The van der Waals surface area contributed by atoms with Crippen LogP contribution in [0.4, 0.5) is 21.0 Å². The number of halogens is 1. The predicted octanol–water partition coefficient (Wildman–Crippen LogP) is 9.28. The van der Waals surface area contributed by atoms with Crippen LogP contribution in [0.3, 0.4) is 0 Å². The first-order valence-corrected chi connectivity index (χ1v) is 20.0. The number of ether oxygens (including phenoxy) is 3. The molecule has 2 fully saturated rings. The molecule has 56 heavy (non-hydrogen) atoms. The van der Waals surface area contributed by atoms with Crippen LogP contribution in [0.2, 0.25) is 0 Å². The Kier molecular flexibility index (Phi) is 15.0. The van der Waals surface area contributed by atoms with Crippen LogP contribution in [-0.4, -0.2) is 85.7 Å². The van der Waals surface area contributed by atoms with E-state index >= 15 is 0 Å². The van der Waals surface area contributed by atoms with Crippen LogP contribution in [0.5, 0.6) is 11.5 Å². The molecule has 0 spiro atoms. The molecule has 2 saturated heterocycles. The van der Waals surface area contributed by atoms with Crippen molar-refractivity contribution in [3.05, 3.63) is 32.3 Å². The average Bonchev–Trinajstić information content (AvgIpc) is 3.89. The number of amides is 2. The molecular formula is C39H55ClN6O8S2. The molecule has 0 saturated carbocycles. The summed E-state index contributed by atoms with van der Waals surface area (Å²) in [6.45, 7) is 21.0. The number of hydrogen-bond donors (Lipinski definition) is 3. The summed E-state index contributed by atoms with van der Waals surface area (Å²) in [7, 11) is 0. The molecule has 308 valence electrons. The zero-order chi connectivity index (χ0) is 41.2. The first-order valence-electron chi connectivity index (χ1n) is 18.0. The highest BCUT2D eigenvalue weighted by Crippen LogP contribution is 2.41. The van der Waals surface area contributed by atoms with Gasteiger partial charge in [0, 0.05) is 48.1 Å². The average molecular weight is 835 g/mol. The number of nitrogens with zero attached hydrogens (tertiary/aromatic N) is 4. The van der Waals surface area contributed by atoms with Gasteiger partial charge in [-0.05, 0) is 107 Å². The zero-order valence-corrected chi connectivity index (χ0v) is 35.5. The minimum Gasteiger partial charge on any atom is -0.506 e. The molecule has 0 atom stereocenters. The molecule has 17 heteroatoms. The molecule has 4 aromatic rings. The van der Waals surface area contributed by atoms with Crippen molar-refractivity contribution in [1.29, 1.82) is 0 Å². The fourth-order valence-corrected chi connectivity index (χ4v) is 8.30. The van der Waals surface area contributed by atoms with Crippen molar-refractivity contribution in [2.24, 2.45) is 0 Å². The molecule has 0 unspecified atom stereocenters. The number of carbonyl (C=O) groups is 4. The predicted molar refractivity (Wildman–Crippen MR) is 225 cm³/mol. The molecule has 14 nitrogen and oxygen atoms in total. The van der Waals surface area contributed by atoms with E-state index < -0.39 is 23.1 Å². The number of rotatable bonds is 3. The third-order valence-corrected chi connectivity index (χ3v) is 11.0. The molecule has 2 amide bonds. The van der Waals surface area contributed by atoms with E-state index in [1.165, 1.54) is 22.7 Å². The summed E-state index contributed by atoms with van der Waals surface area (Å²) in [4.78, 5) is 61.4.